The summed E-state index contributed by atoms with van der Waals surface area (Å²) >= 11 is 0. The number of rotatable bonds is 1. The molecule has 3 rings (SSSR count). The Morgan fingerprint density at radius 1 is 1.38 bits per heavy atom. The maximum absolute atomic E-state index is 5.75. The van der Waals surface area contributed by atoms with Gasteiger partial charge in [0.05, 0.1) is 6.61 Å². The Hall–Kier alpha value is -1.39. The number of fused-ring (bicyclic) bond motifs is 1. The van der Waals surface area contributed by atoms with E-state index in [1.807, 2.05) is 24.3 Å². The van der Waals surface area contributed by atoms with Crippen LogP contribution < -0.4 is 4.90 Å². The Morgan fingerprint density at radius 2 is 2.25 bits per heavy atom. The van der Waals surface area contributed by atoms with Gasteiger partial charge < -0.3 is 9.15 Å². The van der Waals surface area contributed by atoms with Crippen molar-refractivity contribution in [1.82, 2.24) is 4.98 Å². The van der Waals surface area contributed by atoms with Crippen LogP contribution in [-0.4, -0.2) is 30.8 Å². The van der Waals surface area contributed by atoms with E-state index in [9.17, 15) is 0 Å². The van der Waals surface area contributed by atoms with Crippen LogP contribution >= 0.6 is 0 Å². The Morgan fingerprint density at radius 3 is 3.06 bits per heavy atom. The lowest BCUT2D eigenvalue weighted by molar-refractivity contribution is -0.856. The highest BCUT2D eigenvalue weighted by molar-refractivity contribution is 5.73. The lowest BCUT2D eigenvalue weighted by Gasteiger charge is -2.24. The normalized spacial score (nSPS) is 26.1. The molecule has 1 saturated heterocycles. The molecule has 84 valence electrons. The highest BCUT2D eigenvalue weighted by Crippen LogP contribution is 2.15. The van der Waals surface area contributed by atoms with Gasteiger partial charge in [-0.1, -0.05) is 12.1 Å². The van der Waals surface area contributed by atoms with Gasteiger partial charge in [0.2, 0.25) is 0 Å². The van der Waals surface area contributed by atoms with Crippen LogP contribution in [0.4, 0.5) is 6.01 Å². The number of hydrogen-bond donors (Lipinski definition) is 1. The van der Waals surface area contributed by atoms with Gasteiger partial charge in [0.1, 0.15) is 24.7 Å². The Labute approximate surface area is 93.8 Å². The first kappa shape index (κ1) is 9.81. The predicted octanol–water partition coefficient (Wildman–Crippen LogP) is 0.763. The molecule has 2 heterocycles. The molecule has 1 aliphatic heterocycles. The number of oxazole rings is 1. The second kappa shape index (κ2) is 3.88. The van der Waals surface area contributed by atoms with Crippen LogP contribution in [-0.2, 0) is 4.74 Å². The second-order valence-electron chi connectivity index (χ2n) is 4.23. The Bertz CT molecular complexity index is 461. The van der Waals surface area contributed by atoms with Crippen molar-refractivity contribution in [3.05, 3.63) is 24.3 Å². The van der Waals surface area contributed by atoms with Crippen molar-refractivity contribution < 1.29 is 14.1 Å². The fourth-order valence-electron chi connectivity index (χ4n) is 2.11. The van der Waals surface area contributed by atoms with Crippen molar-refractivity contribution in [1.29, 1.82) is 0 Å². The van der Waals surface area contributed by atoms with E-state index < -0.39 is 0 Å². The molecule has 0 spiro atoms. The van der Waals surface area contributed by atoms with Gasteiger partial charge in [0.25, 0.3) is 0 Å². The van der Waals surface area contributed by atoms with Gasteiger partial charge in [-0.3, -0.25) is 0 Å². The number of nitrogens with zero attached hydrogens (tertiary/aromatic N) is 1. The average Bonchev–Trinajstić information content (AvgIpc) is 2.72. The fourth-order valence-corrected chi connectivity index (χ4v) is 2.11. The van der Waals surface area contributed by atoms with Crippen molar-refractivity contribution >= 4 is 17.1 Å². The number of benzene rings is 1. The zero-order chi connectivity index (χ0) is 11.0. The number of para-hydroxylation sites is 2. The van der Waals surface area contributed by atoms with Gasteiger partial charge in [-0.15, -0.1) is 0 Å². The van der Waals surface area contributed by atoms with Crippen LogP contribution in [0.1, 0.15) is 6.92 Å². The first-order chi connectivity index (χ1) is 7.83. The van der Waals surface area contributed by atoms with E-state index in [1.165, 1.54) is 4.90 Å². The van der Waals surface area contributed by atoms with E-state index in [2.05, 4.69) is 11.9 Å². The molecule has 16 heavy (non-hydrogen) atoms. The molecular formula is C12H15N2O2+. The summed E-state index contributed by atoms with van der Waals surface area (Å²) in [5, 5.41) is 0. The molecule has 1 aliphatic rings. The molecule has 1 N–H and O–H groups in total. The van der Waals surface area contributed by atoms with E-state index in [1.54, 1.807) is 0 Å². The smallest absolute Gasteiger partial charge is 0.395 e. The number of nitrogens with one attached hydrogen (secondary N) is 1. The standard InChI is InChI=1S/C12H14N2O2/c1-9-8-14(6-7-15-9)12-13-10-4-2-3-5-11(10)16-12/h2-5,9H,6-8H2,1H3/p+1. The quantitative estimate of drug-likeness (QED) is 0.770. The lowest BCUT2D eigenvalue weighted by Crippen LogP contribution is -3.10. The number of aromatic nitrogens is 1. The molecule has 2 unspecified atom stereocenters. The van der Waals surface area contributed by atoms with Gasteiger partial charge in [-0.05, 0) is 19.1 Å². The molecule has 1 aromatic heterocycles. The fraction of sp³-hybridized carbons (Fsp3) is 0.417. The van der Waals surface area contributed by atoms with E-state index >= 15 is 0 Å². The highest BCUT2D eigenvalue weighted by atomic mass is 16.5. The van der Waals surface area contributed by atoms with E-state index in [-0.39, 0.29) is 6.10 Å². The first-order valence-electron chi connectivity index (χ1n) is 5.65. The summed E-state index contributed by atoms with van der Waals surface area (Å²) in [5.41, 5.74) is 1.80. The zero-order valence-electron chi connectivity index (χ0n) is 9.27. The average molecular weight is 219 g/mol. The third kappa shape index (κ3) is 1.70. The zero-order valence-corrected chi connectivity index (χ0v) is 9.27. The molecule has 1 aromatic carbocycles. The predicted molar refractivity (Wildman–Crippen MR) is 59.8 cm³/mol. The van der Waals surface area contributed by atoms with E-state index in [0.29, 0.717) is 0 Å². The summed E-state index contributed by atoms with van der Waals surface area (Å²) < 4.78 is 11.3. The number of ether oxygens (including phenoxy) is 1. The van der Waals surface area contributed by atoms with E-state index in [0.717, 1.165) is 36.8 Å². The topological polar surface area (TPSA) is 39.7 Å². The lowest BCUT2D eigenvalue weighted by atomic mass is 10.3. The van der Waals surface area contributed by atoms with Crippen LogP contribution in [0.3, 0.4) is 0 Å². The largest absolute Gasteiger partial charge is 0.403 e. The van der Waals surface area contributed by atoms with Crippen molar-refractivity contribution in [2.75, 3.05) is 19.7 Å². The van der Waals surface area contributed by atoms with Crippen LogP contribution in [0.2, 0.25) is 0 Å². The maximum Gasteiger partial charge on any atom is 0.403 e. The molecule has 4 nitrogen and oxygen atoms in total. The molecule has 0 bridgehead atoms. The second-order valence-corrected chi connectivity index (χ2v) is 4.23. The molecule has 0 saturated carbocycles. The summed E-state index contributed by atoms with van der Waals surface area (Å²) in [5.74, 6) is 0. The van der Waals surface area contributed by atoms with Crippen LogP contribution in [0.5, 0.6) is 0 Å². The number of hydrogen-bond acceptors (Lipinski definition) is 3. The third-order valence-electron chi connectivity index (χ3n) is 2.94. The molecule has 4 heteroatoms. The minimum atomic E-state index is 0.277. The van der Waals surface area contributed by atoms with Crippen molar-refractivity contribution in [2.24, 2.45) is 0 Å². The molecular weight excluding hydrogens is 204 g/mol. The van der Waals surface area contributed by atoms with Crippen molar-refractivity contribution in [2.45, 2.75) is 13.0 Å². The summed E-state index contributed by atoms with van der Waals surface area (Å²) in [6.45, 7) is 4.71. The minimum absolute atomic E-state index is 0.277. The number of quaternary nitrogens is 1. The van der Waals surface area contributed by atoms with Gasteiger partial charge >= 0.3 is 6.01 Å². The maximum atomic E-state index is 5.75. The molecule has 1 fully saturated rings. The molecule has 0 aliphatic carbocycles. The highest BCUT2D eigenvalue weighted by Gasteiger charge is 2.26. The van der Waals surface area contributed by atoms with Crippen molar-refractivity contribution in [3.8, 4) is 0 Å². The van der Waals surface area contributed by atoms with Crippen LogP contribution in [0.25, 0.3) is 11.1 Å². The third-order valence-corrected chi connectivity index (χ3v) is 2.94. The molecule has 0 radical (unpaired) electrons. The minimum Gasteiger partial charge on any atom is -0.395 e. The van der Waals surface area contributed by atoms with Gasteiger partial charge in [0.15, 0.2) is 5.58 Å². The van der Waals surface area contributed by atoms with Gasteiger partial charge in [-0.25, -0.2) is 4.90 Å². The molecule has 2 atom stereocenters. The van der Waals surface area contributed by atoms with Gasteiger partial charge in [-0.2, -0.15) is 4.98 Å². The van der Waals surface area contributed by atoms with E-state index in [4.69, 9.17) is 9.15 Å². The summed E-state index contributed by atoms with van der Waals surface area (Å²) in [7, 11) is 0. The van der Waals surface area contributed by atoms with Crippen molar-refractivity contribution in [3.63, 3.8) is 0 Å². The SMILES string of the molecule is CC1C[NH+](c2nc3ccccc3o2)CCO1. The monoisotopic (exact) mass is 219 g/mol. The molecule has 0 amide bonds. The first-order valence-corrected chi connectivity index (χ1v) is 5.65. The summed E-state index contributed by atoms with van der Waals surface area (Å²) in [6, 6.07) is 8.66. The summed E-state index contributed by atoms with van der Waals surface area (Å²) in [4.78, 5) is 5.78. The number of morpholine rings is 1. The Balaban J connectivity index is 1.93. The summed E-state index contributed by atoms with van der Waals surface area (Å²) in [6.07, 6.45) is 0.277. The molecule has 2 aromatic rings. The van der Waals surface area contributed by atoms with Gasteiger partial charge in [0, 0.05) is 0 Å². The Kier molecular flexibility index (Phi) is 2.38. The van der Waals surface area contributed by atoms with Crippen LogP contribution in [0, 0.1) is 0 Å². The van der Waals surface area contributed by atoms with Crippen LogP contribution in [0.15, 0.2) is 28.7 Å².